The van der Waals surface area contributed by atoms with Crippen LogP contribution in [-0.4, -0.2) is 48.6 Å². The average molecular weight is 339 g/mol. The van der Waals surface area contributed by atoms with Gasteiger partial charge in [-0.25, -0.2) is 4.99 Å². The maximum Gasteiger partial charge on any atom is 0.191 e. The van der Waals surface area contributed by atoms with E-state index in [4.69, 9.17) is 4.99 Å². The number of aromatic nitrogens is 1. The Hall–Kier alpha value is -2.14. The van der Waals surface area contributed by atoms with Crippen LogP contribution in [0.2, 0.25) is 0 Å². The molecule has 2 aromatic rings. The Balaban J connectivity index is 1.59. The molecule has 3 rings (SSSR count). The number of fused-ring (bicyclic) bond motifs is 1. The summed E-state index contributed by atoms with van der Waals surface area (Å²) in [7, 11) is 0. The van der Waals surface area contributed by atoms with E-state index in [2.05, 4.69) is 51.7 Å². The zero-order valence-electron chi connectivity index (χ0n) is 15.2. The third-order valence-electron chi connectivity index (χ3n) is 4.66. The molecule has 25 heavy (non-hydrogen) atoms. The molecule has 1 fully saturated rings. The number of benzene rings is 1. The molecule has 0 unspecified atom stereocenters. The Kier molecular flexibility index (Phi) is 6.63. The molecule has 1 aromatic carbocycles. The number of hydrogen-bond acceptors (Lipinski definition) is 3. The summed E-state index contributed by atoms with van der Waals surface area (Å²) in [6, 6.07) is 10.4. The summed E-state index contributed by atoms with van der Waals surface area (Å²) < 4.78 is 0. The molecular formula is C20H29N5. The lowest BCUT2D eigenvalue weighted by Gasteiger charge is -2.26. The zero-order valence-corrected chi connectivity index (χ0v) is 15.2. The molecule has 0 radical (unpaired) electrons. The van der Waals surface area contributed by atoms with Crippen molar-refractivity contribution in [3.05, 3.63) is 42.2 Å². The van der Waals surface area contributed by atoms with Gasteiger partial charge in [0.15, 0.2) is 5.96 Å². The molecule has 0 saturated carbocycles. The number of likely N-dealkylation sites (tertiary alicyclic amines) is 1. The van der Waals surface area contributed by atoms with Gasteiger partial charge >= 0.3 is 0 Å². The molecular weight excluding hydrogens is 310 g/mol. The molecule has 1 aliphatic heterocycles. The van der Waals surface area contributed by atoms with Crippen LogP contribution in [0.25, 0.3) is 10.8 Å². The van der Waals surface area contributed by atoms with Gasteiger partial charge in [0.1, 0.15) is 0 Å². The predicted octanol–water partition coefficient (Wildman–Crippen LogP) is 2.78. The molecule has 0 bridgehead atoms. The van der Waals surface area contributed by atoms with Crippen LogP contribution in [-0.2, 0) is 6.54 Å². The van der Waals surface area contributed by atoms with Crippen molar-refractivity contribution < 1.29 is 0 Å². The molecule has 2 heterocycles. The standard InChI is InChI=1S/C20H29N5/c1-2-21-20(23-12-15-25-13-6-3-7-14-25)24-16-19-18-9-5-4-8-17(18)10-11-22-19/h4-5,8-11H,2-3,6-7,12-16H2,1H3,(H2,21,23,24). The largest absolute Gasteiger partial charge is 0.357 e. The van der Waals surface area contributed by atoms with Gasteiger partial charge in [0.05, 0.1) is 12.2 Å². The number of pyridine rings is 1. The van der Waals surface area contributed by atoms with E-state index in [0.717, 1.165) is 31.3 Å². The van der Waals surface area contributed by atoms with Gasteiger partial charge in [-0.1, -0.05) is 30.7 Å². The molecule has 0 atom stereocenters. The summed E-state index contributed by atoms with van der Waals surface area (Å²) in [5.74, 6) is 0.870. The van der Waals surface area contributed by atoms with Gasteiger partial charge < -0.3 is 15.5 Å². The van der Waals surface area contributed by atoms with E-state index in [-0.39, 0.29) is 0 Å². The first-order valence-corrected chi connectivity index (χ1v) is 9.44. The average Bonchev–Trinajstić information content (AvgIpc) is 2.67. The molecule has 2 N–H and O–H groups in total. The first kappa shape index (κ1) is 17.7. The van der Waals surface area contributed by atoms with E-state index in [1.807, 2.05) is 12.3 Å². The number of nitrogens with zero attached hydrogens (tertiary/aromatic N) is 3. The minimum atomic E-state index is 0.584. The fourth-order valence-corrected chi connectivity index (χ4v) is 3.32. The van der Waals surface area contributed by atoms with Crippen molar-refractivity contribution in [2.24, 2.45) is 4.99 Å². The second-order valence-electron chi connectivity index (χ2n) is 6.50. The lowest BCUT2D eigenvalue weighted by atomic mass is 10.1. The third-order valence-corrected chi connectivity index (χ3v) is 4.66. The summed E-state index contributed by atoms with van der Waals surface area (Å²) in [6.45, 7) is 8.01. The normalized spacial score (nSPS) is 16.1. The second-order valence-corrected chi connectivity index (χ2v) is 6.50. The van der Waals surface area contributed by atoms with E-state index < -0.39 is 0 Å². The van der Waals surface area contributed by atoms with Gasteiger partial charge in [-0.05, 0) is 44.3 Å². The first-order valence-electron chi connectivity index (χ1n) is 9.44. The lowest BCUT2D eigenvalue weighted by Crippen LogP contribution is -2.42. The molecule has 1 aromatic heterocycles. The van der Waals surface area contributed by atoms with Crippen molar-refractivity contribution in [1.29, 1.82) is 0 Å². The van der Waals surface area contributed by atoms with Gasteiger partial charge in [0.25, 0.3) is 0 Å². The summed E-state index contributed by atoms with van der Waals surface area (Å²) in [5, 5.41) is 9.18. The Bertz CT molecular complexity index is 686. The number of guanidine groups is 1. The topological polar surface area (TPSA) is 52.6 Å². The van der Waals surface area contributed by atoms with Gasteiger partial charge in [-0.3, -0.25) is 4.98 Å². The molecule has 0 amide bonds. The second kappa shape index (κ2) is 9.37. The van der Waals surface area contributed by atoms with Crippen LogP contribution < -0.4 is 10.6 Å². The van der Waals surface area contributed by atoms with Crippen LogP contribution in [0.3, 0.4) is 0 Å². The maximum atomic E-state index is 4.73. The minimum absolute atomic E-state index is 0.584. The van der Waals surface area contributed by atoms with Crippen molar-refractivity contribution in [2.45, 2.75) is 32.7 Å². The van der Waals surface area contributed by atoms with Gasteiger partial charge in [0, 0.05) is 31.2 Å². The molecule has 1 aliphatic rings. The molecule has 0 spiro atoms. The Morgan fingerprint density at radius 2 is 1.96 bits per heavy atom. The van der Waals surface area contributed by atoms with E-state index in [0.29, 0.717) is 6.54 Å². The monoisotopic (exact) mass is 339 g/mol. The molecule has 5 nitrogen and oxygen atoms in total. The summed E-state index contributed by atoms with van der Waals surface area (Å²) >= 11 is 0. The highest BCUT2D eigenvalue weighted by Gasteiger charge is 2.09. The van der Waals surface area contributed by atoms with Crippen LogP contribution in [0, 0.1) is 0 Å². The molecule has 5 heteroatoms. The smallest absolute Gasteiger partial charge is 0.191 e. The fourth-order valence-electron chi connectivity index (χ4n) is 3.32. The van der Waals surface area contributed by atoms with Gasteiger partial charge in [-0.15, -0.1) is 0 Å². The summed E-state index contributed by atoms with van der Waals surface area (Å²) in [5.41, 5.74) is 1.02. The molecule has 1 saturated heterocycles. The van der Waals surface area contributed by atoms with Crippen molar-refractivity contribution in [1.82, 2.24) is 20.5 Å². The highest BCUT2D eigenvalue weighted by Crippen LogP contribution is 2.16. The van der Waals surface area contributed by atoms with E-state index >= 15 is 0 Å². The van der Waals surface area contributed by atoms with Crippen LogP contribution >= 0.6 is 0 Å². The van der Waals surface area contributed by atoms with Crippen molar-refractivity contribution in [3.8, 4) is 0 Å². The Labute approximate surface area is 150 Å². The van der Waals surface area contributed by atoms with Crippen molar-refractivity contribution in [2.75, 3.05) is 32.7 Å². The Morgan fingerprint density at radius 3 is 2.80 bits per heavy atom. The number of rotatable bonds is 6. The third kappa shape index (κ3) is 5.16. The lowest BCUT2D eigenvalue weighted by molar-refractivity contribution is 0.232. The summed E-state index contributed by atoms with van der Waals surface area (Å²) in [4.78, 5) is 11.8. The highest BCUT2D eigenvalue weighted by atomic mass is 15.2. The number of nitrogens with one attached hydrogen (secondary N) is 2. The number of hydrogen-bond donors (Lipinski definition) is 2. The molecule has 134 valence electrons. The fraction of sp³-hybridized carbons (Fsp3) is 0.500. The number of aliphatic imine (C=N–C) groups is 1. The minimum Gasteiger partial charge on any atom is -0.357 e. The van der Waals surface area contributed by atoms with Crippen molar-refractivity contribution in [3.63, 3.8) is 0 Å². The number of piperidine rings is 1. The quantitative estimate of drug-likeness (QED) is 0.628. The molecule has 0 aliphatic carbocycles. The van der Waals surface area contributed by atoms with E-state index in [1.54, 1.807) is 0 Å². The maximum absolute atomic E-state index is 4.73. The van der Waals surface area contributed by atoms with Crippen molar-refractivity contribution >= 4 is 16.7 Å². The van der Waals surface area contributed by atoms with Crippen LogP contribution in [0.1, 0.15) is 31.9 Å². The van der Waals surface area contributed by atoms with Gasteiger partial charge in [-0.2, -0.15) is 0 Å². The van der Waals surface area contributed by atoms with E-state index in [1.165, 1.54) is 43.1 Å². The SMILES string of the molecule is CCNC(=NCc1nccc2ccccc12)NCCN1CCCCC1. The van der Waals surface area contributed by atoms with Crippen LogP contribution in [0.15, 0.2) is 41.5 Å². The summed E-state index contributed by atoms with van der Waals surface area (Å²) in [6.07, 6.45) is 5.91. The predicted molar refractivity (Wildman–Crippen MR) is 105 cm³/mol. The first-order chi connectivity index (χ1) is 12.4. The van der Waals surface area contributed by atoms with Crippen LogP contribution in [0.4, 0.5) is 0 Å². The zero-order chi connectivity index (χ0) is 17.3. The van der Waals surface area contributed by atoms with E-state index in [9.17, 15) is 0 Å². The van der Waals surface area contributed by atoms with Gasteiger partial charge in [0.2, 0.25) is 0 Å². The highest BCUT2D eigenvalue weighted by molar-refractivity contribution is 5.85. The van der Waals surface area contributed by atoms with Crippen LogP contribution in [0.5, 0.6) is 0 Å². The Morgan fingerprint density at radius 1 is 1.12 bits per heavy atom.